The lowest BCUT2D eigenvalue weighted by Crippen LogP contribution is -2.14. The summed E-state index contributed by atoms with van der Waals surface area (Å²) in [6.45, 7) is 3.51. The first-order valence-corrected chi connectivity index (χ1v) is 10.4. The molecule has 0 bridgehead atoms. The van der Waals surface area contributed by atoms with Crippen molar-refractivity contribution >= 4 is 62.4 Å². The molecule has 2 heterocycles. The van der Waals surface area contributed by atoms with Gasteiger partial charge in [-0.05, 0) is 19.4 Å². The van der Waals surface area contributed by atoms with E-state index in [2.05, 4.69) is 15.5 Å². The van der Waals surface area contributed by atoms with Crippen molar-refractivity contribution in [3.05, 3.63) is 16.0 Å². The molecule has 0 aliphatic rings. The van der Waals surface area contributed by atoms with Crippen molar-refractivity contribution < 1.29 is 23.9 Å². The summed E-state index contributed by atoms with van der Waals surface area (Å²) in [6, 6.07) is 0. The van der Waals surface area contributed by atoms with Gasteiger partial charge in [0.05, 0.1) is 19.3 Å². The van der Waals surface area contributed by atoms with Crippen LogP contribution in [0.4, 0.5) is 10.1 Å². The highest BCUT2D eigenvalue weighted by atomic mass is 32.2. The van der Waals surface area contributed by atoms with Gasteiger partial charge in [-0.3, -0.25) is 4.79 Å². The second kappa shape index (κ2) is 9.67. The van der Waals surface area contributed by atoms with Crippen LogP contribution in [0.2, 0.25) is 0 Å². The minimum Gasteiger partial charge on any atom is -0.465 e. The molecule has 0 aromatic carbocycles. The summed E-state index contributed by atoms with van der Waals surface area (Å²) in [5, 5.41) is 10.9. The molecular formula is C15H18N4O5S3. The number of hydrogen-bond donors (Lipinski definition) is 2. The number of carbonyl (C=O) groups is 3. The Morgan fingerprint density at radius 2 is 1.96 bits per heavy atom. The summed E-state index contributed by atoms with van der Waals surface area (Å²) in [4.78, 5) is 36.6. The van der Waals surface area contributed by atoms with E-state index in [0.717, 1.165) is 11.3 Å². The molecular weight excluding hydrogens is 412 g/mol. The molecule has 0 aliphatic carbocycles. The van der Waals surface area contributed by atoms with Gasteiger partial charge >= 0.3 is 11.9 Å². The van der Waals surface area contributed by atoms with Gasteiger partial charge < -0.3 is 20.5 Å². The smallest absolute Gasteiger partial charge is 0.348 e. The summed E-state index contributed by atoms with van der Waals surface area (Å²) >= 11 is 3.59. The van der Waals surface area contributed by atoms with Crippen molar-refractivity contribution in [2.45, 2.75) is 24.6 Å². The number of esters is 2. The van der Waals surface area contributed by atoms with Gasteiger partial charge in [-0.1, -0.05) is 23.1 Å². The number of hydrogen-bond acceptors (Lipinski definition) is 11. The molecule has 0 spiro atoms. The lowest BCUT2D eigenvalue weighted by molar-refractivity contribution is -0.115. The maximum absolute atomic E-state index is 12.2. The van der Waals surface area contributed by atoms with Crippen molar-refractivity contribution in [3.8, 4) is 0 Å². The fourth-order valence-corrected chi connectivity index (χ4v) is 4.79. The Kier molecular flexibility index (Phi) is 7.56. The van der Waals surface area contributed by atoms with Crippen LogP contribution in [0.1, 0.15) is 38.9 Å². The van der Waals surface area contributed by atoms with E-state index in [0.29, 0.717) is 20.8 Å². The van der Waals surface area contributed by atoms with Crippen LogP contribution >= 0.6 is 34.4 Å². The van der Waals surface area contributed by atoms with Crippen molar-refractivity contribution in [2.75, 3.05) is 30.5 Å². The molecule has 2 rings (SSSR count). The van der Waals surface area contributed by atoms with Crippen LogP contribution in [0.5, 0.6) is 0 Å². The predicted molar refractivity (Wildman–Crippen MR) is 105 cm³/mol. The number of thiophene rings is 1. The number of thioether (sulfide) groups is 1. The average Bonchev–Trinajstić information content (AvgIpc) is 3.17. The molecule has 0 fully saturated rings. The SMILES string of the molecule is CCOC(=O)c1sc(NC(=O)CCSc2nnc(N)s2)c(C(=O)OC)c1C. The van der Waals surface area contributed by atoms with Crippen LogP contribution in [-0.4, -0.2) is 47.5 Å². The van der Waals surface area contributed by atoms with Crippen LogP contribution in [-0.2, 0) is 14.3 Å². The summed E-state index contributed by atoms with van der Waals surface area (Å²) in [7, 11) is 1.24. The molecule has 12 heteroatoms. The first kappa shape index (κ1) is 21.1. The average molecular weight is 431 g/mol. The van der Waals surface area contributed by atoms with Gasteiger partial charge in [0.15, 0.2) is 4.34 Å². The highest BCUT2D eigenvalue weighted by molar-refractivity contribution is 8.01. The zero-order chi connectivity index (χ0) is 20.0. The topological polar surface area (TPSA) is 133 Å². The maximum atomic E-state index is 12.2. The quantitative estimate of drug-likeness (QED) is 0.478. The number of nitrogens with one attached hydrogen (secondary N) is 1. The number of carbonyl (C=O) groups excluding carboxylic acids is 3. The lowest BCUT2D eigenvalue weighted by Gasteiger charge is -2.05. The van der Waals surface area contributed by atoms with Gasteiger partial charge in [0.25, 0.3) is 0 Å². The lowest BCUT2D eigenvalue weighted by atomic mass is 10.1. The molecule has 0 unspecified atom stereocenters. The number of aromatic nitrogens is 2. The number of methoxy groups -OCH3 is 1. The van der Waals surface area contributed by atoms with Gasteiger partial charge in [-0.2, -0.15) is 0 Å². The highest BCUT2D eigenvalue weighted by Crippen LogP contribution is 2.34. The zero-order valence-corrected chi connectivity index (χ0v) is 17.3. The van der Waals surface area contributed by atoms with Gasteiger partial charge in [-0.15, -0.1) is 21.5 Å². The van der Waals surface area contributed by atoms with Crippen LogP contribution in [0, 0.1) is 6.92 Å². The fourth-order valence-electron chi connectivity index (χ4n) is 2.04. The molecule has 2 aromatic rings. The van der Waals surface area contributed by atoms with Gasteiger partial charge in [0.2, 0.25) is 11.0 Å². The third-order valence-electron chi connectivity index (χ3n) is 3.23. The molecule has 1 amide bonds. The summed E-state index contributed by atoms with van der Waals surface area (Å²) in [5.74, 6) is -1.02. The Bertz CT molecular complexity index is 849. The molecule has 0 saturated carbocycles. The second-order valence-electron chi connectivity index (χ2n) is 5.03. The number of amides is 1. The first-order valence-electron chi connectivity index (χ1n) is 7.77. The number of nitrogens with two attached hydrogens (primary N) is 1. The van der Waals surface area contributed by atoms with Crippen molar-refractivity contribution in [1.82, 2.24) is 10.2 Å². The Balaban J connectivity index is 2.08. The largest absolute Gasteiger partial charge is 0.465 e. The molecule has 0 atom stereocenters. The predicted octanol–water partition coefficient (Wildman–Crippen LogP) is 2.57. The van der Waals surface area contributed by atoms with E-state index < -0.39 is 11.9 Å². The molecule has 9 nitrogen and oxygen atoms in total. The van der Waals surface area contributed by atoms with Gasteiger partial charge in [0.1, 0.15) is 9.88 Å². The maximum Gasteiger partial charge on any atom is 0.348 e. The number of nitrogens with zero attached hydrogens (tertiary/aromatic N) is 2. The number of nitrogen functional groups attached to an aromatic ring is 1. The van der Waals surface area contributed by atoms with Crippen LogP contribution < -0.4 is 11.1 Å². The molecule has 0 aliphatic heterocycles. The fraction of sp³-hybridized carbons (Fsp3) is 0.400. The number of rotatable bonds is 8. The minimum atomic E-state index is -0.631. The number of anilines is 2. The molecule has 146 valence electrons. The minimum absolute atomic E-state index is 0.156. The van der Waals surface area contributed by atoms with E-state index in [-0.39, 0.29) is 34.4 Å². The Labute approximate surface area is 167 Å². The Hall–Kier alpha value is -2.18. The Morgan fingerprint density at radius 1 is 1.22 bits per heavy atom. The third-order valence-corrected chi connectivity index (χ3v) is 6.30. The molecule has 3 N–H and O–H groups in total. The third kappa shape index (κ3) is 5.40. The molecule has 2 aromatic heterocycles. The molecule has 0 saturated heterocycles. The van der Waals surface area contributed by atoms with Crippen LogP contribution in [0.15, 0.2) is 4.34 Å². The van der Waals surface area contributed by atoms with Gasteiger partial charge in [-0.25, -0.2) is 9.59 Å². The van der Waals surface area contributed by atoms with Crippen LogP contribution in [0.25, 0.3) is 0 Å². The zero-order valence-electron chi connectivity index (χ0n) is 14.9. The second-order valence-corrected chi connectivity index (χ2v) is 8.40. The summed E-state index contributed by atoms with van der Waals surface area (Å²) in [6.07, 6.45) is 0.177. The van der Waals surface area contributed by atoms with E-state index in [1.807, 2.05) is 0 Å². The Morgan fingerprint density at radius 3 is 2.56 bits per heavy atom. The first-order chi connectivity index (χ1) is 12.9. The molecule has 27 heavy (non-hydrogen) atoms. The standard InChI is InChI=1S/C15H18N4O5S3/c1-4-24-13(22)10-7(2)9(12(21)23-3)11(26-10)17-8(20)5-6-25-15-19-18-14(16)27-15/h4-6H2,1-3H3,(H2,16,18)(H,17,20). The summed E-state index contributed by atoms with van der Waals surface area (Å²) in [5.41, 5.74) is 6.08. The van der Waals surface area contributed by atoms with Gasteiger partial charge in [0, 0.05) is 12.2 Å². The number of ether oxygens (including phenoxy) is 2. The van der Waals surface area contributed by atoms with Crippen LogP contribution in [0.3, 0.4) is 0 Å². The van der Waals surface area contributed by atoms with Crippen molar-refractivity contribution in [3.63, 3.8) is 0 Å². The summed E-state index contributed by atoms with van der Waals surface area (Å²) < 4.78 is 10.4. The van der Waals surface area contributed by atoms with E-state index >= 15 is 0 Å². The normalized spacial score (nSPS) is 10.5. The van der Waals surface area contributed by atoms with E-state index in [1.165, 1.54) is 30.2 Å². The monoisotopic (exact) mass is 430 g/mol. The molecule has 0 radical (unpaired) electrons. The highest BCUT2D eigenvalue weighted by Gasteiger charge is 2.26. The van der Waals surface area contributed by atoms with E-state index in [1.54, 1.807) is 13.8 Å². The van der Waals surface area contributed by atoms with E-state index in [9.17, 15) is 14.4 Å². The van der Waals surface area contributed by atoms with E-state index in [4.69, 9.17) is 15.2 Å². The van der Waals surface area contributed by atoms with Crippen molar-refractivity contribution in [2.24, 2.45) is 0 Å². The van der Waals surface area contributed by atoms with Crippen molar-refractivity contribution in [1.29, 1.82) is 0 Å².